The van der Waals surface area contributed by atoms with Gasteiger partial charge in [-0.15, -0.1) is 0 Å². The molecule has 0 amide bonds. The Balaban J connectivity index is 2.06. The molecule has 0 fully saturated rings. The number of fused-ring (bicyclic) bond motifs is 3. The third-order valence-corrected chi connectivity index (χ3v) is 5.93. The Morgan fingerprint density at radius 2 is 1.81 bits per heavy atom. The molecule has 0 spiro atoms. The first-order valence-electron chi connectivity index (χ1n) is 9.54. The summed E-state index contributed by atoms with van der Waals surface area (Å²) in [6.45, 7) is 11.0. The Labute approximate surface area is 159 Å². The largest absolute Gasteiger partial charge is 0.449 e. The van der Waals surface area contributed by atoms with Gasteiger partial charge in [0.15, 0.2) is 0 Å². The summed E-state index contributed by atoms with van der Waals surface area (Å²) in [5.41, 5.74) is 8.31. The first kappa shape index (κ1) is 16.4. The molecule has 2 aromatic heterocycles. The monoisotopic (exact) mass is 358 g/mol. The maximum atomic E-state index is 6.61. The summed E-state index contributed by atoms with van der Waals surface area (Å²) >= 11 is 0. The Morgan fingerprint density at radius 3 is 2.56 bits per heavy atom. The maximum Gasteiger partial charge on any atom is 0.381 e. The molecular weight excluding hydrogens is 334 g/mol. The van der Waals surface area contributed by atoms with Gasteiger partial charge in [-0.3, -0.25) is 0 Å². The predicted molar refractivity (Wildman–Crippen MR) is 109 cm³/mol. The van der Waals surface area contributed by atoms with Crippen molar-refractivity contribution in [2.24, 2.45) is 7.05 Å². The van der Waals surface area contributed by atoms with Gasteiger partial charge in [0.05, 0.1) is 17.2 Å². The van der Waals surface area contributed by atoms with Gasteiger partial charge in [-0.25, -0.2) is 0 Å². The van der Waals surface area contributed by atoms with Crippen LogP contribution in [-0.2, 0) is 7.05 Å². The van der Waals surface area contributed by atoms with Crippen molar-refractivity contribution in [1.29, 1.82) is 0 Å². The van der Waals surface area contributed by atoms with E-state index >= 15 is 0 Å². The molecule has 0 aliphatic carbocycles. The van der Waals surface area contributed by atoms with Crippen LogP contribution in [0.15, 0.2) is 34.9 Å². The second-order valence-corrected chi connectivity index (χ2v) is 8.10. The van der Waals surface area contributed by atoms with Crippen molar-refractivity contribution in [2.45, 2.75) is 40.5 Å². The second kappa shape index (κ2) is 5.35. The third-order valence-electron chi connectivity index (χ3n) is 5.93. The molecule has 3 heterocycles. The average molecular weight is 358 g/mol. The van der Waals surface area contributed by atoms with Crippen molar-refractivity contribution in [1.82, 2.24) is 0 Å². The van der Waals surface area contributed by atoms with E-state index in [0.717, 1.165) is 28.3 Å². The lowest BCUT2D eigenvalue weighted by Gasteiger charge is -2.25. The van der Waals surface area contributed by atoms with E-state index in [9.17, 15) is 0 Å². The molecule has 0 saturated heterocycles. The lowest BCUT2D eigenvalue weighted by molar-refractivity contribution is -0.640. The minimum Gasteiger partial charge on any atom is -0.449 e. The molecule has 136 valence electrons. The summed E-state index contributed by atoms with van der Waals surface area (Å²) in [4.78, 5) is 0. The van der Waals surface area contributed by atoms with Gasteiger partial charge in [0.25, 0.3) is 5.69 Å². The number of aromatic nitrogens is 1. The summed E-state index contributed by atoms with van der Waals surface area (Å²) in [7, 11) is 2.07. The van der Waals surface area contributed by atoms with Crippen LogP contribution in [-0.4, -0.2) is 0 Å². The molecule has 27 heavy (non-hydrogen) atoms. The molecule has 0 radical (unpaired) electrons. The van der Waals surface area contributed by atoms with Crippen LogP contribution in [0.5, 0.6) is 11.5 Å². The summed E-state index contributed by atoms with van der Waals surface area (Å²) < 4.78 is 14.7. The molecule has 3 heteroatoms. The topological polar surface area (TPSA) is 26.2 Å². The predicted octanol–water partition coefficient (Wildman–Crippen LogP) is 6.23. The SMILES string of the molecule is Cc1cc2c3c(c(C)c(C)cc3c1)-c1c(c(C(C)C)c3ccoc3[n+]1C)O2. The molecule has 1 aliphatic rings. The Kier molecular flexibility index (Phi) is 3.24. The Bertz CT molecular complexity index is 1260. The number of hydrogen-bond donors (Lipinski definition) is 0. The number of nitrogens with zero attached hydrogens (tertiary/aromatic N) is 1. The first-order valence-corrected chi connectivity index (χ1v) is 9.54. The lowest BCUT2D eigenvalue weighted by Crippen LogP contribution is -2.34. The molecule has 0 atom stereocenters. The number of benzene rings is 2. The number of aryl methyl sites for hydroxylation is 3. The van der Waals surface area contributed by atoms with E-state index in [4.69, 9.17) is 9.15 Å². The summed E-state index contributed by atoms with van der Waals surface area (Å²) in [6.07, 6.45) is 1.78. The lowest BCUT2D eigenvalue weighted by atomic mass is 9.87. The zero-order valence-corrected chi connectivity index (χ0v) is 16.7. The van der Waals surface area contributed by atoms with Gasteiger partial charge in [0.1, 0.15) is 12.8 Å². The van der Waals surface area contributed by atoms with Gasteiger partial charge < -0.3 is 9.15 Å². The van der Waals surface area contributed by atoms with Gasteiger partial charge in [-0.05, 0) is 60.9 Å². The van der Waals surface area contributed by atoms with Crippen LogP contribution in [0.3, 0.4) is 0 Å². The zero-order chi connectivity index (χ0) is 19.0. The highest BCUT2D eigenvalue weighted by atomic mass is 16.5. The van der Waals surface area contributed by atoms with E-state index in [-0.39, 0.29) is 0 Å². The van der Waals surface area contributed by atoms with Crippen molar-refractivity contribution in [3.05, 3.63) is 52.8 Å². The van der Waals surface area contributed by atoms with Crippen molar-refractivity contribution >= 4 is 21.9 Å². The van der Waals surface area contributed by atoms with E-state index in [1.807, 2.05) is 0 Å². The molecule has 4 aromatic rings. The quantitative estimate of drug-likeness (QED) is 0.332. The van der Waals surface area contributed by atoms with Gasteiger partial charge in [-0.2, -0.15) is 4.57 Å². The highest BCUT2D eigenvalue weighted by Gasteiger charge is 2.36. The van der Waals surface area contributed by atoms with Crippen molar-refractivity contribution in [3.63, 3.8) is 0 Å². The maximum absolute atomic E-state index is 6.61. The highest BCUT2D eigenvalue weighted by Crippen LogP contribution is 2.51. The van der Waals surface area contributed by atoms with E-state index < -0.39 is 0 Å². The number of pyridine rings is 1. The van der Waals surface area contributed by atoms with Gasteiger partial charge >= 0.3 is 5.71 Å². The molecule has 1 aliphatic heterocycles. The van der Waals surface area contributed by atoms with Crippen molar-refractivity contribution in [2.75, 3.05) is 0 Å². The number of hydrogen-bond acceptors (Lipinski definition) is 2. The molecule has 0 bridgehead atoms. The minimum absolute atomic E-state index is 0.326. The summed E-state index contributed by atoms with van der Waals surface area (Å²) in [5.74, 6) is 2.25. The number of rotatable bonds is 1. The third kappa shape index (κ3) is 2.05. The highest BCUT2D eigenvalue weighted by molar-refractivity contribution is 6.06. The summed E-state index contributed by atoms with van der Waals surface area (Å²) in [6, 6.07) is 8.73. The van der Waals surface area contributed by atoms with Crippen LogP contribution in [0.1, 0.15) is 42.0 Å². The van der Waals surface area contributed by atoms with Crippen LogP contribution >= 0.6 is 0 Å². The normalized spacial score (nSPS) is 12.7. The van der Waals surface area contributed by atoms with Gasteiger partial charge in [0, 0.05) is 10.9 Å². The van der Waals surface area contributed by atoms with Gasteiger partial charge in [-0.1, -0.05) is 26.0 Å². The average Bonchev–Trinajstić information content (AvgIpc) is 3.07. The fraction of sp³-hybridized carbons (Fsp3) is 0.292. The van der Waals surface area contributed by atoms with E-state index in [0.29, 0.717) is 5.92 Å². The Morgan fingerprint density at radius 1 is 1.04 bits per heavy atom. The zero-order valence-electron chi connectivity index (χ0n) is 16.7. The van der Waals surface area contributed by atoms with Crippen LogP contribution in [0.2, 0.25) is 0 Å². The van der Waals surface area contributed by atoms with E-state index in [1.54, 1.807) is 6.26 Å². The Hall–Kier alpha value is -2.81. The molecule has 5 rings (SSSR count). The fourth-order valence-corrected chi connectivity index (χ4v) is 4.60. The molecule has 2 aromatic carbocycles. The van der Waals surface area contributed by atoms with Crippen LogP contribution in [0.4, 0.5) is 0 Å². The first-order chi connectivity index (χ1) is 12.9. The van der Waals surface area contributed by atoms with Crippen LogP contribution < -0.4 is 9.30 Å². The van der Waals surface area contributed by atoms with Crippen LogP contribution in [0.25, 0.3) is 33.1 Å². The standard InChI is InChI=1S/C24H24NO2/c1-12(2)19-17-7-8-26-24(17)25(6)22-20-15(5)14(4)11-16-9-13(3)10-18(21(16)20)27-23(19)22/h7-12H,1-6H3/q+1. The van der Waals surface area contributed by atoms with Crippen molar-refractivity contribution in [3.8, 4) is 22.8 Å². The molecular formula is C24H24NO2+. The number of furan rings is 1. The molecule has 0 saturated carbocycles. The van der Waals surface area contributed by atoms with Crippen LogP contribution in [0, 0.1) is 20.8 Å². The number of ether oxygens (including phenoxy) is 1. The second-order valence-electron chi connectivity index (χ2n) is 8.10. The minimum atomic E-state index is 0.326. The summed E-state index contributed by atoms with van der Waals surface area (Å²) in [5, 5.41) is 3.57. The fourth-order valence-electron chi connectivity index (χ4n) is 4.60. The van der Waals surface area contributed by atoms with E-state index in [2.05, 4.69) is 70.5 Å². The molecule has 0 N–H and O–H groups in total. The smallest absolute Gasteiger partial charge is 0.381 e. The van der Waals surface area contributed by atoms with E-state index in [1.165, 1.54) is 38.6 Å². The molecule has 3 nitrogen and oxygen atoms in total. The van der Waals surface area contributed by atoms with Gasteiger partial charge in [0.2, 0.25) is 5.75 Å². The van der Waals surface area contributed by atoms with Crippen molar-refractivity contribution < 1.29 is 13.7 Å². The molecule has 0 unspecified atom stereocenters.